The van der Waals surface area contributed by atoms with Crippen molar-refractivity contribution in [1.29, 1.82) is 0 Å². The Bertz CT molecular complexity index is 1570. The number of amides is 5. The van der Waals surface area contributed by atoms with E-state index >= 15 is 0 Å². The molecule has 222 valence electrons. The molecule has 3 aliphatic rings. The number of fused-ring (bicyclic) bond motifs is 2. The normalized spacial score (nSPS) is 19.2. The van der Waals surface area contributed by atoms with E-state index < -0.39 is 30.8 Å². The Labute approximate surface area is 246 Å². The first-order valence-electron chi connectivity index (χ1n) is 14.0. The topological polar surface area (TPSA) is 97.3 Å². The van der Waals surface area contributed by atoms with Gasteiger partial charge in [0.05, 0.1) is 17.1 Å². The van der Waals surface area contributed by atoms with E-state index in [1.54, 1.807) is 53.4 Å². The van der Waals surface area contributed by atoms with Crippen molar-refractivity contribution in [2.75, 3.05) is 29.4 Å². The van der Waals surface area contributed by atoms with Crippen molar-refractivity contribution in [3.8, 4) is 0 Å². The highest BCUT2D eigenvalue weighted by molar-refractivity contribution is 6.20. The van der Waals surface area contributed by atoms with Crippen LogP contribution >= 0.6 is 0 Å². The Morgan fingerprint density at radius 1 is 0.907 bits per heavy atom. The molecule has 6 rings (SSSR count). The minimum Gasteiger partial charge on any atom is -0.334 e. The molecule has 3 aromatic carbocycles. The van der Waals surface area contributed by atoms with Crippen LogP contribution in [0.1, 0.15) is 29.5 Å². The Morgan fingerprint density at radius 3 is 2.28 bits per heavy atom. The number of nitrogens with zero attached hydrogens (tertiary/aromatic N) is 4. The summed E-state index contributed by atoms with van der Waals surface area (Å²) in [4.78, 5) is 48.2. The van der Waals surface area contributed by atoms with E-state index in [0.717, 1.165) is 11.3 Å². The minimum atomic E-state index is -4.68. The highest BCUT2D eigenvalue weighted by atomic mass is 19.4. The van der Waals surface area contributed by atoms with Crippen LogP contribution < -0.4 is 20.4 Å². The van der Waals surface area contributed by atoms with Crippen molar-refractivity contribution in [3.05, 3.63) is 95.6 Å². The molecule has 0 radical (unpaired) electrons. The van der Waals surface area contributed by atoms with Crippen LogP contribution in [-0.2, 0) is 11.3 Å². The fourth-order valence-corrected chi connectivity index (χ4v) is 5.85. The van der Waals surface area contributed by atoms with Gasteiger partial charge in [-0.05, 0) is 30.5 Å². The maximum Gasteiger partial charge on any atom is 0.406 e. The molecule has 43 heavy (non-hydrogen) atoms. The summed E-state index contributed by atoms with van der Waals surface area (Å²) >= 11 is 0. The van der Waals surface area contributed by atoms with Crippen molar-refractivity contribution >= 4 is 35.1 Å². The van der Waals surface area contributed by atoms with E-state index in [1.807, 2.05) is 24.3 Å². The van der Waals surface area contributed by atoms with Crippen LogP contribution in [0.3, 0.4) is 0 Å². The maximum absolute atomic E-state index is 13.7. The monoisotopic (exact) mass is 590 g/mol. The number of rotatable bonds is 4. The number of hydrogen-bond donors (Lipinski definition) is 2. The summed E-state index contributed by atoms with van der Waals surface area (Å²) in [6, 6.07) is 21.8. The molecule has 3 aliphatic heterocycles. The summed E-state index contributed by atoms with van der Waals surface area (Å²) in [5.74, 6) is -0.986. The summed E-state index contributed by atoms with van der Waals surface area (Å²) in [6.07, 6.45) is -5.30. The lowest BCUT2D eigenvalue weighted by molar-refractivity contribution is -0.133. The standard InChI is InChI=1S/C31H29F3N6O3/c32-31(33,34)19-39-25-13-7-5-11-23(25)26(20-8-2-1-3-9-20)36-27(28(39)41)37-30(43)38-16-14-22(15-17-38)40-24-12-6-4-10-21(24)18-35-29(40)42/h1-13,22,27H,14-19H2,(H,35,42)(H,37,43)/t27-/m0/s1. The second kappa shape index (κ2) is 11.4. The SMILES string of the molecule is O=C(N[C@@H]1N=C(c2ccccc2)c2ccccc2N(CC(F)(F)F)C1=O)N1CCC(N2C(=O)NCc3ccccc32)CC1. The number of alkyl halides is 3. The molecule has 2 N–H and O–H groups in total. The van der Waals surface area contributed by atoms with Gasteiger partial charge < -0.3 is 15.5 Å². The lowest BCUT2D eigenvalue weighted by atomic mass is 10.00. The van der Waals surface area contributed by atoms with Crippen LogP contribution in [0.5, 0.6) is 0 Å². The molecular formula is C31H29F3N6O3. The molecule has 3 aromatic rings. The largest absolute Gasteiger partial charge is 0.406 e. The first-order valence-corrected chi connectivity index (χ1v) is 14.0. The number of nitrogens with one attached hydrogen (secondary N) is 2. The molecule has 3 heterocycles. The molecule has 9 nitrogen and oxygen atoms in total. The van der Waals surface area contributed by atoms with Crippen molar-refractivity contribution < 1.29 is 27.6 Å². The number of piperidine rings is 1. The second-order valence-corrected chi connectivity index (χ2v) is 10.6. The minimum absolute atomic E-state index is 0.0603. The summed E-state index contributed by atoms with van der Waals surface area (Å²) in [5, 5.41) is 5.48. The van der Waals surface area contributed by atoms with Crippen molar-refractivity contribution in [2.24, 2.45) is 4.99 Å². The van der Waals surface area contributed by atoms with Crippen molar-refractivity contribution in [1.82, 2.24) is 15.5 Å². The number of para-hydroxylation sites is 2. The molecule has 1 fully saturated rings. The number of anilines is 2. The van der Waals surface area contributed by atoms with Crippen LogP contribution in [0.25, 0.3) is 0 Å². The predicted octanol–water partition coefficient (Wildman–Crippen LogP) is 4.66. The predicted molar refractivity (Wildman–Crippen MR) is 155 cm³/mol. The van der Waals surface area contributed by atoms with Gasteiger partial charge in [0.15, 0.2) is 0 Å². The van der Waals surface area contributed by atoms with Gasteiger partial charge in [-0.2, -0.15) is 13.2 Å². The van der Waals surface area contributed by atoms with E-state index in [9.17, 15) is 27.6 Å². The molecular weight excluding hydrogens is 561 g/mol. The molecule has 1 saturated heterocycles. The van der Waals surface area contributed by atoms with Gasteiger partial charge in [0.25, 0.3) is 5.91 Å². The molecule has 0 saturated carbocycles. The number of benzene rings is 3. The quantitative estimate of drug-likeness (QED) is 0.463. The summed E-state index contributed by atoms with van der Waals surface area (Å²) < 4.78 is 41.1. The molecule has 0 aliphatic carbocycles. The average molecular weight is 591 g/mol. The lowest BCUT2D eigenvalue weighted by Gasteiger charge is -2.41. The third kappa shape index (κ3) is 5.77. The highest BCUT2D eigenvalue weighted by Gasteiger charge is 2.41. The molecule has 1 atom stereocenters. The lowest BCUT2D eigenvalue weighted by Crippen LogP contribution is -2.57. The summed E-state index contributed by atoms with van der Waals surface area (Å²) in [7, 11) is 0. The third-order valence-corrected chi connectivity index (χ3v) is 7.87. The third-order valence-electron chi connectivity index (χ3n) is 7.87. The fourth-order valence-electron chi connectivity index (χ4n) is 5.85. The van der Waals surface area contributed by atoms with Gasteiger partial charge in [0.1, 0.15) is 6.54 Å². The van der Waals surface area contributed by atoms with Gasteiger partial charge in [-0.1, -0.05) is 66.7 Å². The van der Waals surface area contributed by atoms with E-state index in [4.69, 9.17) is 0 Å². The molecule has 0 unspecified atom stereocenters. The van der Waals surface area contributed by atoms with E-state index in [-0.39, 0.29) is 30.8 Å². The zero-order valence-electron chi connectivity index (χ0n) is 23.1. The maximum atomic E-state index is 13.7. The molecule has 0 aromatic heterocycles. The zero-order chi connectivity index (χ0) is 30.1. The van der Waals surface area contributed by atoms with Gasteiger partial charge in [-0.25, -0.2) is 14.6 Å². The Hall–Kier alpha value is -4.87. The van der Waals surface area contributed by atoms with E-state index in [2.05, 4.69) is 15.6 Å². The average Bonchev–Trinajstić information content (AvgIpc) is 3.11. The summed E-state index contributed by atoms with van der Waals surface area (Å²) in [5.41, 5.74) is 3.15. The van der Waals surface area contributed by atoms with Crippen LogP contribution in [-0.4, -0.2) is 66.6 Å². The van der Waals surface area contributed by atoms with Gasteiger partial charge in [-0.15, -0.1) is 0 Å². The van der Waals surface area contributed by atoms with E-state index in [0.29, 0.717) is 41.1 Å². The summed E-state index contributed by atoms with van der Waals surface area (Å²) in [6.45, 7) is -0.517. The number of urea groups is 2. The first kappa shape index (κ1) is 28.3. The van der Waals surface area contributed by atoms with Gasteiger partial charge in [0.2, 0.25) is 6.17 Å². The first-order chi connectivity index (χ1) is 20.7. The number of likely N-dealkylation sites (tertiary alicyclic amines) is 1. The number of hydrogen-bond acceptors (Lipinski definition) is 4. The smallest absolute Gasteiger partial charge is 0.334 e. The molecule has 0 bridgehead atoms. The molecule has 0 spiro atoms. The Morgan fingerprint density at radius 2 is 1.56 bits per heavy atom. The number of halogens is 3. The van der Waals surface area contributed by atoms with Crippen LogP contribution in [0.4, 0.5) is 34.1 Å². The van der Waals surface area contributed by atoms with Gasteiger partial charge >= 0.3 is 18.2 Å². The van der Waals surface area contributed by atoms with Crippen molar-refractivity contribution in [2.45, 2.75) is 37.8 Å². The Kier molecular flexibility index (Phi) is 7.51. The Balaban J connectivity index is 1.24. The molecule has 5 amide bonds. The number of carbonyl (C=O) groups excluding carboxylic acids is 3. The number of aliphatic imine (C=N–C) groups is 1. The van der Waals surface area contributed by atoms with Crippen LogP contribution in [0.15, 0.2) is 83.9 Å². The van der Waals surface area contributed by atoms with Gasteiger partial charge in [-0.3, -0.25) is 14.6 Å². The second-order valence-electron chi connectivity index (χ2n) is 10.6. The van der Waals surface area contributed by atoms with Gasteiger partial charge in [0, 0.05) is 36.8 Å². The number of benzodiazepines with no additional fused rings is 1. The number of carbonyl (C=O) groups is 3. The van der Waals surface area contributed by atoms with E-state index in [1.165, 1.54) is 11.0 Å². The fraction of sp³-hybridized carbons (Fsp3) is 0.290. The van der Waals surface area contributed by atoms with Crippen molar-refractivity contribution in [3.63, 3.8) is 0 Å². The highest BCUT2D eigenvalue weighted by Crippen LogP contribution is 2.32. The zero-order valence-corrected chi connectivity index (χ0v) is 23.1. The van der Waals surface area contributed by atoms with Crippen LogP contribution in [0, 0.1) is 0 Å². The van der Waals surface area contributed by atoms with Crippen LogP contribution in [0.2, 0.25) is 0 Å². The molecule has 12 heteroatoms.